The van der Waals surface area contributed by atoms with E-state index in [1.807, 2.05) is 12.3 Å². The number of nitrogens with zero attached hydrogens (tertiary/aromatic N) is 1. The number of hydrogen-bond acceptors (Lipinski definition) is 2. The highest BCUT2D eigenvalue weighted by atomic mass is 79.9. The number of fused-ring (bicyclic) bond motifs is 1. The molecule has 0 saturated heterocycles. The molecule has 0 spiro atoms. The highest BCUT2D eigenvalue weighted by molar-refractivity contribution is 9.10. The maximum Gasteiger partial charge on any atom is 0.244 e. The molecule has 0 atom stereocenters. The third kappa shape index (κ3) is 3.33. The van der Waals surface area contributed by atoms with E-state index in [2.05, 4.69) is 20.9 Å². The zero-order valence-corrected chi connectivity index (χ0v) is 16.4. The quantitative estimate of drug-likeness (QED) is 0.626. The van der Waals surface area contributed by atoms with Crippen LogP contribution in [0.4, 0.5) is 8.78 Å². The van der Waals surface area contributed by atoms with Gasteiger partial charge >= 0.3 is 0 Å². The van der Waals surface area contributed by atoms with E-state index in [1.54, 1.807) is 6.07 Å². The Morgan fingerprint density at radius 3 is 2.52 bits per heavy atom. The standard InChI is InChI=1S/C19H15BrF2N2O2S/c20-17-9-13(21)2-4-19(17)27(25,26)24-7-5-12(6-8-24)16-11-23-18-10-14(22)1-3-15(16)18/h1-5,9-11,23H,6-8H2. The van der Waals surface area contributed by atoms with E-state index >= 15 is 0 Å². The van der Waals surface area contributed by atoms with E-state index in [4.69, 9.17) is 0 Å². The second-order valence-electron chi connectivity index (χ2n) is 6.31. The fourth-order valence-corrected chi connectivity index (χ4v) is 5.69. The molecule has 4 nitrogen and oxygen atoms in total. The molecule has 0 unspecified atom stereocenters. The number of halogens is 3. The van der Waals surface area contributed by atoms with Crippen LogP contribution >= 0.6 is 15.9 Å². The minimum atomic E-state index is -3.73. The van der Waals surface area contributed by atoms with Crippen LogP contribution in [0.15, 0.2) is 58.0 Å². The summed E-state index contributed by atoms with van der Waals surface area (Å²) in [5.41, 5.74) is 2.67. The summed E-state index contributed by atoms with van der Waals surface area (Å²) in [4.78, 5) is 3.10. The van der Waals surface area contributed by atoms with Gasteiger partial charge in [0.15, 0.2) is 0 Å². The molecular formula is C19H15BrF2N2O2S. The van der Waals surface area contributed by atoms with E-state index in [0.717, 1.165) is 28.7 Å². The van der Waals surface area contributed by atoms with Gasteiger partial charge in [0, 0.05) is 40.2 Å². The minimum absolute atomic E-state index is 0.0447. The molecule has 1 aliphatic rings. The fourth-order valence-electron chi connectivity index (χ4n) is 3.30. The summed E-state index contributed by atoms with van der Waals surface area (Å²) < 4.78 is 53.9. The summed E-state index contributed by atoms with van der Waals surface area (Å²) in [6, 6.07) is 8.10. The van der Waals surface area contributed by atoms with Gasteiger partial charge in [0.25, 0.3) is 0 Å². The van der Waals surface area contributed by atoms with Crippen molar-refractivity contribution >= 4 is 42.4 Å². The smallest absolute Gasteiger partial charge is 0.244 e. The highest BCUT2D eigenvalue weighted by Crippen LogP contribution is 2.32. The molecule has 140 valence electrons. The third-order valence-electron chi connectivity index (χ3n) is 4.67. The van der Waals surface area contributed by atoms with Crippen molar-refractivity contribution in [3.8, 4) is 0 Å². The first-order chi connectivity index (χ1) is 12.9. The van der Waals surface area contributed by atoms with Crippen LogP contribution in [0.5, 0.6) is 0 Å². The van der Waals surface area contributed by atoms with Gasteiger partial charge in [-0.15, -0.1) is 0 Å². The normalized spacial score (nSPS) is 15.9. The molecule has 2 heterocycles. The molecule has 0 aliphatic carbocycles. The maximum absolute atomic E-state index is 13.4. The second-order valence-corrected chi connectivity index (χ2v) is 9.07. The lowest BCUT2D eigenvalue weighted by Crippen LogP contribution is -2.34. The van der Waals surface area contributed by atoms with Crippen molar-refractivity contribution < 1.29 is 17.2 Å². The molecule has 1 aromatic heterocycles. The summed E-state index contributed by atoms with van der Waals surface area (Å²) >= 11 is 3.13. The van der Waals surface area contributed by atoms with E-state index in [0.29, 0.717) is 18.5 Å². The van der Waals surface area contributed by atoms with Gasteiger partial charge < -0.3 is 4.98 Å². The van der Waals surface area contributed by atoms with Crippen molar-refractivity contribution in [3.63, 3.8) is 0 Å². The summed E-state index contributed by atoms with van der Waals surface area (Å²) in [5, 5.41) is 0.903. The minimum Gasteiger partial charge on any atom is -0.360 e. The summed E-state index contributed by atoms with van der Waals surface area (Å²) in [6.45, 7) is 0.529. The molecule has 8 heteroatoms. The highest BCUT2D eigenvalue weighted by Gasteiger charge is 2.28. The zero-order valence-electron chi connectivity index (χ0n) is 14.0. The van der Waals surface area contributed by atoms with Gasteiger partial charge in [-0.25, -0.2) is 17.2 Å². The van der Waals surface area contributed by atoms with Crippen molar-refractivity contribution in [1.29, 1.82) is 0 Å². The summed E-state index contributed by atoms with van der Waals surface area (Å²) in [7, 11) is -3.73. The number of H-pyrrole nitrogens is 1. The van der Waals surface area contributed by atoms with Crippen LogP contribution in [0, 0.1) is 11.6 Å². The molecule has 0 radical (unpaired) electrons. The predicted molar refractivity (Wildman–Crippen MR) is 104 cm³/mol. The fraction of sp³-hybridized carbons (Fsp3) is 0.158. The maximum atomic E-state index is 13.4. The molecule has 0 saturated carbocycles. The number of aromatic amines is 1. The summed E-state index contributed by atoms with van der Waals surface area (Å²) in [6.07, 6.45) is 4.21. The van der Waals surface area contributed by atoms with Crippen molar-refractivity contribution in [2.45, 2.75) is 11.3 Å². The monoisotopic (exact) mass is 452 g/mol. The van der Waals surface area contributed by atoms with Crippen LogP contribution in [0.3, 0.4) is 0 Å². The van der Waals surface area contributed by atoms with Crippen molar-refractivity contribution in [3.05, 3.63) is 70.3 Å². The van der Waals surface area contributed by atoms with Crippen LogP contribution in [0.25, 0.3) is 16.5 Å². The zero-order chi connectivity index (χ0) is 19.2. The second kappa shape index (κ2) is 6.85. The molecule has 0 amide bonds. The molecule has 0 bridgehead atoms. The molecule has 27 heavy (non-hydrogen) atoms. The number of nitrogens with one attached hydrogen (secondary N) is 1. The van der Waals surface area contributed by atoms with Gasteiger partial charge in [0.1, 0.15) is 11.6 Å². The number of aromatic nitrogens is 1. The molecule has 1 N–H and O–H groups in total. The van der Waals surface area contributed by atoms with Crippen LogP contribution in [-0.2, 0) is 10.0 Å². The Bertz CT molecular complexity index is 1170. The molecule has 1 aliphatic heterocycles. The molecular weight excluding hydrogens is 438 g/mol. The van der Waals surface area contributed by atoms with E-state index in [9.17, 15) is 17.2 Å². The Kier molecular flexibility index (Phi) is 4.65. The Hall–Kier alpha value is -2.03. The van der Waals surface area contributed by atoms with Crippen molar-refractivity contribution in [1.82, 2.24) is 9.29 Å². The van der Waals surface area contributed by atoms with Crippen LogP contribution in [0.1, 0.15) is 12.0 Å². The first-order valence-corrected chi connectivity index (χ1v) is 10.5. The Morgan fingerprint density at radius 2 is 1.81 bits per heavy atom. The number of hydrogen-bond donors (Lipinski definition) is 1. The lowest BCUT2D eigenvalue weighted by molar-refractivity contribution is 0.441. The molecule has 4 rings (SSSR count). The van der Waals surface area contributed by atoms with E-state index in [-0.39, 0.29) is 21.7 Å². The number of sulfonamides is 1. The first kappa shape index (κ1) is 18.3. The SMILES string of the molecule is O=S(=O)(c1ccc(F)cc1Br)N1CC=C(c2c[nH]c3cc(F)ccc23)CC1. The van der Waals surface area contributed by atoms with Gasteiger partial charge in [-0.1, -0.05) is 6.08 Å². The van der Waals surface area contributed by atoms with Crippen LogP contribution in [-0.4, -0.2) is 30.8 Å². The van der Waals surface area contributed by atoms with E-state index in [1.165, 1.54) is 22.5 Å². The predicted octanol–water partition coefficient (Wildman–Crippen LogP) is 4.69. The van der Waals surface area contributed by atoms with Crippen molar-refractivity contribution in [2.75, 3.05) is 13.1 Å². The van der Waals surface area contributed by atoms with Crippen LogP contribution < -0.4 is 0 Å². The van der Waals surface area contributed by atoms with Gasteiger partial charge in [-0.3, -0.25) is 0 Å². The average molecular weight is 453 g/mol. The molecule has 2 aromatic carbocycles. The van der Waals surface area contributed by atoms with Crippen LogP contribution in [0.2, 0.25) is 0 Å². The lowest BCUT2D eigenvalue weighted by atomic mass is 10.00. The van der Waals surface area contributed by atoms with E-state index < -0.39 is 15.8 Å². The van der Waals surface area contributed by atoms with Gasteiger partial charge in [-0.2, -0.15) is 4.31 Å². The third-order valence-corrected chi connectivity index (χ3v) is 7.52. The first-order valence-electron chi connectivity index (χ1n) is 8.27. The number of rotatable bonds is 3. The van der Waals surface area contributed by atoms with Crippen molar-refractivity contribution in [2.24, 2.45) is 0 Å². The largest absolute Gasteiger partial charge is 0.360 e. The average Bonchev–Trinajstić information content (AvgIpc) is 3.04. The Balaban J connectivity index is 1.62. The Labute approximate surface area is 163 Å². The summed E-state index contributed by atoms with van der Waals surface area (Å²) in [5.74, 6) is -0.812. The number of benzene rings is 2. The van der Waals surface area contributed by atoms with Gasteiger partial charge in [0.05, 0.1) is 4.90 Å². The van der Waals surface area contributed by atoms with Gasteiger partial charge in [0.2, 0.25) is 10.0 Å². The molecule has 3 aromatic rings. The topological polar surface area (TPSA) is 53.2 Å². The molecule has 0 fully saturated rings. The lowest BCUT2D eigenvalue weighted by Gasteiger charge is -2.26. The Morgan fingerprint density at radius 1 is 1.07 bits per heavy atom. The van der Waals surface area contributed by atoms with Gasteiger partial charge in [-0.05, 0) is 64.3 Å².